The molecule has 1 aliphatic rings. The van der Waals surface area contributed by atoms with Crippen molar-refractivity contribution in [1.29, 1.82) is 0 Å². The fraction of sp³-hybridized carbons (Fsp3) is 0.438. The molecule has 3 rings (SSSR count). The maximum Gasteiger partial charge on any atom is 0.312 e. The fourth-order valence-electron chi connectivity index (χ4n) is 3.26. The van der Waals surface area contributed by atoms with Crippen LogP contribution < -0.4 is 0 Å². The summed E-state index contributed by atoms with van der Waals surface area (Å²) in [6.45, 7) is 1.40. The molecule has 0 aliphatic carbocycles. The molecule has 12 nitrogen and oxygen atoms in total. The molecule has 29 heavy (non-hydrogen) atoms. The van der Waals surface area contributed by atoms with Gasteiger partial charge in [0, 0.05) is 25.2 Å². The Morgan fingerprint density at radius 2 is 1.79 bits per heavy atom. The molecular formula is C16H19N5O7S. The summed E-state index contributed by atoms with van der Waals surface area (Å²) in [7, 11) is -2.42. The van der Waals surface area contributed by atoms with Crippen LogP contribution in [0.5, 0.6) is 0 Å². The molecule has 0 radical (unpaired) electrons. The monoisotopic (exact) mass is 425 g/mol. The molecule has 1 aromatic heterocycles. The largest absolute Gasteiger partial charge is 0.355 e. The van der Waals surface area contributed by atoms with E-state index in [4.69, 9.17) is 4.74 Å². The van der Waals surface area contributed by atoms with Crippen LogP contribution >= 0.6 is 0 Å². The molecule has 0 spiro atoms. The van der Waals surface area contributed by atoms with Gasteiger partial charge in [0.2, 0.25) is 10.0 Å². The normalized spacial score (nSPS) is 20.9. The summed E-state index contributed by atoms with van der Waals surface area (Å²) in [5.41, 5.74) is -0.124. The highest BCUT2D eigenvalue weighted by Gasteiger charge is 2.36. The molecule has 2 aromatic rings. The lowest BCUT2D eigenvalue weighted by atomic mass is 10.1. The summed E-state index contributed by atoms with van der Waals surface area (Å²) >= 11 is 0. The van der Waals surface area contributed by atoms with Gasteiger partial charge in [-0.1, -0.05) is 0 Å². The summed E-state index contributed by atoms with van der Waals surface area (Å²) in [6.07, 6.45) is 1.22. The molecule has 1 aliphatic heterocycles. The van der Waals surface area contributed by atoms with Crippen LogP contribution in [-0.2, 0) is 21.8 Å². The standard InChI is InChI=1S/C16H19N5O7S/c1-11-3-8-15(16-14(21(24)25)9-17-18(16)2)28-10-19(11)29(26,27)13-6-4-12(5-7-13)20(22)23/h4-7,9,11,15H,3,8,10H2,1-2H3/t11-,15?/m0/s1. The van der Waals surface area contributed by atoms with Gasteiger partial charge in [0.1, 0.15) is 24.7 Å². The lowest BCUT2D eigenvalue weighted by Gasteiger charge is -2.25. The van der Waals surface area contributed by atoms with Crippen molar-refractivity contribution in [3.05, 3.63) is 56.4 Å². The van der Waals surface area contributed by atoms with Crippen LogP contribution in [0, 0.1) is 20.2 Å². The van der Waals surface area contributed by atoms with E-state index in [0.29, 0.717) is 12.8 Å². The Bertz CT molecular complexity index is 1030. The van der Waals surface area contributed by atoms with Crippen LogP contribution in [0.25, 0.3) is 0 Å². The van der Waals surface area contributed by atoms with E-state index in [1.54, 1.807) is 14.0 Å². The van der Waals surface area contributed by atoms with E-state index in [1.165, 1.54) is 16.8 Å². The molecule has 0 bridgehead atoms. The van der Waals surface area contributed by atoms with Crippen LogP contribution in [-0.4, -0.2) is 45.1 Å². The molecule has 0 amide bonds. The van der Waals surface area contributed by atoms with E-state index in [9.17, 15) is 28.6 Å². The van der Waals surface area contributed by atoms with Crippen molar-refractivity contribution in [2.75, 3.05) is 6.73 Å². The molecule has 0 N–H and O–H groups in total. The molecule has 2 atom stereocenters. The maximum atomic E-state index is 13.0. The minimum absolute atomic E-state index is 0.0940. The highest BCUT2D eigenvalue weighted by Crippen LogP contribution is 2.35. The average Bonchev–Trinajstić information content (AvgIpc) is 2.94. The maximum absolute atomic E-state index is 13.0. The second-order valence-electron chi connectivity index (χ2n) is 6.65. The molecule has 0 saturated carbocycles. The number of benzene rings is 1. The van der Waals surface area contributed by atoms with Gasteiger partial charge in [0.15, 0.2) is 0 Å². The molecule has 1 aromatic carbocycles. The number of aryl methyl sites for hydroxylation is 1. The van der Waals surface area contributed by atoms with E-state index in [-0.39, 0.29) is 28.7 Å². The van der Waals surface area contributed by atoms with Crippen LogP contribution in [0.15, 0.2) is 35.4 Å². The third-order valence-electron chi connectivity index (χ3n) is 4.86. The Kier molecular flexibility index (Phi) is 5.64. The highest BCUT2D eigenvalue weighted by molar-refractivity contribution is 7.89. The van der Waals surface area contributed by atoms with Gasteiger partial charge in [0.05, 0.1) is 14.7 Å². The fourth-order valence-corrected chi connectivity index (χ4v) is 4.79. The van der Waals surface area contributed by atoms with E-state index < -0.39 is 32.0 Å². The van der Waals surface area contributed by atoms with Crippen molar-refractivity contribution in [2.45, 2.75) is 36.8 Å². The summed E-state index contributed by atoms with van der Waals surface area (Å²) < 4.78 is 34.3. The minimum Gasteiger partial charge on any atom is -0.355 e. The van der Waals surface area contributed by atoms with Crippen molar-refractivity contribution >= 4 is 21.4 Å². The number of hydrogen-bond donors (Lipinski definition) is 0. The summed E-state index contributed by atoms with van der Waals surface area (Å²) in [5, 5.41) is 25.9. The second-order valence-corrected chi connectivity index (χ2v) is 8.54. The smallest absolute Gasteiger partial charge is 0.312 e. The molecule has 2 heterocycles. The number of nitro benzene ring substituents is 1. The first-order chi connectivity index (χ1) is 13.6. The molecule has 1 fully saturated rings. The van der Waals surface area contributed by atoms with Gasteiger partial charge in [-0.2, -0.15) is 9.40 Å². The van der Waals surface area contributed by atoms with Gasteiger partial charge in [-0.15, -0.1) is 0 Å². The first-order valence-corrected chi connectivity index (χ1v) is 10.1. The zero-order valence-corrected chi connectivity index (χ0v) is 16.5. The third kappa shape index (κ3) is 3.97. The van der Waals surface area contributed by atoms with E-state index in [0.717, 1.165) is 22.6 Å². The zero-order valence-electron chi connectivity index (χ0n) is 15.7. The number of non-ortho nitro benzene ring substituents is 1. The van der Waals surface area contributed by atoms with Crippen LogP contribution in [0.1, 0.15) is 31.6 Å². The Morgan fingerprint density at radius 3 is 2.38 bits per heavy atom. The van der Waals surface area contributed by atoms with Gasteiger partial charge in [-0.3, -0.25) is 24.9 Å². The van der Waals surface area contributed by atoms with E-state index >= 15 is 0 Å². The number of nitrogens with zero attached hydrogens (tertiary/aromatic N) is 5. The van der Waals surface area contributed by atoms with Crippen molar-refractivity contribution < 1.29 is 23.0 Å². The molecule has 13 heteroatoms. The number of ether oxygens (including phenoxy) is 1. The predicted molar refractivity (Wildman–Crippen MR) is 99.4 cm³/mol. The number of sulfonamides is 1. The van der Waals surface area contributed by atoms with Gasteiger partial charge in [0.25, 0.3) is 5.69 Å². The van der Waals surface area contributed by atoms with Crippen LogP contribution in [0.3, 0.4) is 0 Å². The molecule has 1 unspecified atom stereocenters. The minimum atomic E-state index is -3.98. The highest BCUT2D eigenvalue weighted by atomic mass is 32.2. The lowest BCUT2D eigenvalue weighted by molar-refractivity contribution is -0.386. The van der Waals surface area contributed by atoms with E-state index in [1.807, 2.05) is 0 Å². The summed E-state index contributed by atoms with van der Waals surface area (Å²) in [6, 6.07) is 4.16. The van der Waals surface area contributed by atoms with Crippen LogP contribution in [0.4, 0.5) is 11.4 Å². The average molecular weight is 425 g/mol. The number of aromatic nitrogens is 2. The van der Waals surface area contributed by atoms with Gasteiger partial charge >= 0.3 is 5.69 Å². The first kappa shape index (κ1) is 20.8. The predicted octanol–water partition coefficient (Wildman–Crippen LogP) is 2.12. The Morgan fingerprint density at radius 1 is 1.14 bits per heavy atom. The van der Waals surface area contributed by atoms with Crippen LogP contribution in [0.2, 0.25) is 0 Å². The molecule has 1 saturated heterocycles. The third-order valence-corrected chi connectivity index (χ3v) is 6.81. The molecule has 156 valence electrons. The molecular weight excluding hydrogens is 406 g/mol. The van der Waals surface area contributed by atoms with Crippen molar-refractivity contribution in [1.82, 2.24) is 14.1 Å². The van der Waals surface area contributed by atoms with Gasteiger partial charge in [-0.25, -0.2) is 8.42 Å². The Hall–Kier alpha value is -2.90. The number of hydrogen-bond acceptors (Lipinski definition) is 8. The first-order valence-electron chi connectivity index (χ1n) is 8.67. The topological polar surface area (TPSA) is 151 Å². The van der Waals surface area contributed by atoms with Crippen molar-refractivity contribution in [3.63, 3.8) is 0 Å². The Balaban J connectivity index is 1.86. The SMILES string of the molecule is C[C@H]1CCC(c2c([N+](=O)[O-])cnn2C)OCN1S(=O)(=O)c1ccc([N+](=O)[O-])cc1. The van der Waals surface area contributed by atoms with Gasteiger partial charge < -0.3 is 4.74 Å². The zero-order chi connectivity index (χ0) is 21.3. The lowest BCUT2D eigenvalue weighted by Crippen LogP contribution is -2.38. The van der Waals surface area contributed by atoms with Gasteiger partial charge in [-0.05, 0) is 31.9 Å². The second kappa shape index (κ2) is 7.85. The van der Waals surface area contributed by atoms with E-state index in [2.05, 4.69) is 5.10 Å². The summed E-state index contributed by atoms with van der Waals surface area (Å²) in [4.78, 5) is 20.8. The number of rotatable bonds is 5. The van der Waals surface area contributed by atoms with Crippen molar-refractivity contribution in [3.8, 4) is 0 Å². The Labute approximate surface area is 166 Å². The van der Waals surface area contributed by atoms with Crippen molar-refractivity contribution in [2.24, 2.45) is 7.05 Å². The number of nitro groups is 2. The quantitative estimate of drug-likeness (QED) is 0.522. The summed E-state index contributed by atoms with van der Waals surface area (Å²) in [5.74, 6) is 0.